The molecule has 1 saturated carbocycles. The third-order valence-electron chi connectivity index (χ3n) is 7.06. The van der Waals surface area contributed by atoms with Crippen LogP contribution < -0.4 is 10.1 Å². The van der Waals surface area contributed by atoms with Crippen LogP contribution in [0.5, 0.6) is 5.75 Å². The Morgan fingerprint density at radius 1 is 1.41 bits per heavy atom. The van der Waals surface area contributed by atoms with Gasteiger partial charge in [-0.1, -0.05) is 18.2 Å². The van der Waals surface area contributed by atoms with E-state index in [0.717, 1.165) is 42.8 Å². The first-order valence-corrected chi connectivity index (χ1v) is 11.2. The molecule has 0 unspecified atom stereocenters. The second kappa shape index (κ2) is 9.35. The fourth-order valence-corrected chi connectivity index (χ4v) is 5.43. The number of carbonyl (C=O) groups excluding carboxylic acids is 1. The average Bonchev–Trinajstić information content (AvgIpc) is 3.32. The summed E-state index contributed by atoms with van der Waals surface area (Å²) in [4.78, 5) is 14.9. The van der Waals surface area contributed by atoms with Crippen LogP contribution in [0.1, 0.15) is 36.8 Å². The fraction of sp³-hybridized carbons (Fsp3) is 0.423. The summed E-state index contributed by atoms with van der Waals surface area (Å²) in [5.74, 6) is 0.647. The van der Waals surface area contributed by atoms with Crippen molar-refractivity contribution in [3.05, 3.63) is 72.7 Å². The van der Waals surface area contributed by atoms with Crippen LogP contribution in [0.4, 0.5) is 0 Å². The minimum Gasteiger partial charge on any atom is -0.497 e. The number of hydrogen-bond donors (Lipinski definition) is 2. The molecule has 0 spiro atoms. The molecule has 2 N–H and O–H groups in total. The number of methoxy groups -OCH3 is 1. The van der Waals surface area contributed by atoms with E-state index in [1.54, 1.807) is 31.8 Å². The molecule has 32 heavy (non-hydrogen) atoms. The Morgan fingerprint density at radius 2 is 2.28 bits per heavy atom. The van der Waals surface area contributed by atoms with Gasteiger partial charge in [0.15, 0.2) is 0 Å². The van der Waals surface area contributed by atoms with Gasteiger partial charge in [0.05, 0.1) is 25.2 Å². The van der Waals surface area contributed by atoms with Crippen molar-refractivity contribution < 1.29 is 19.1 Å². The molecule has 2 aromatic rings. The smallest absolute Gasteiger partial charge is 0.244 e. The second-order valence-corrected chi connectivity index (χ2v) is 8.96. The Labute approximate surface area is 189 Å². The van der Waals surface area contributed by atoms with Crippen molar-refractivity contribution in [1.29, 1.82) is 0 Å². The maximum Gasteiger partial charge on any atom is 0.244 e. The predicted molar refractivity (Wildman–Crippen MR) is 124 cm³/mol. The highest BCUT2D eigenvalue weighted by Gasteiger charge is 2.57. The summed E-state index contributed by atoms with van der Waals surface area (Å²) in [7, 11) is 1.66. The minimum atomic E-state index is -0.880. The number of nitrogens with one attached hydrogen (secondary N) is 1. The van der Waals surface area contributed by atoms with Gasteiger partial charge in [-0.15, -0.1) is 6.58 Å². The highest BCUT2D eigenvalue weighted by molar-refractivity contribution is 5.91. The van der Waals surface area contributed by atoms with E-state index in [1.165, 1.54) is 6.08 Å². The zero-order valence-corrected chi connectivity index (χ0v) is 18.6. The number of benzene rings is 1. The van der Waals surface area contributed by atoms with Gasteiger partial charge in [-0.05, 0) is 62.1 Å². The van der Waals surface area contributed by atoms with E-state index in [1.807, 2.05) is 24.3 Å². The molecule has 6 nitrogen and oxygen atoms in total. The molecule has 2 aliphatic rings. The van der Waals surface area contributed by atoms with Crippen LogP contribution in [0.2, 0.25) is 0 Å². The highest BCUT2D eigenvalue weighted by atomic mass is 16.5. The summed E-state index contributed by atoms with van der Waals surface area (Å²) in [6.45, 7) is 6.08. The Kier molecular flexibility index (Phi) is 6.53. The first-order valence-electron chi connectivity index (χ1n) is 11.2. The molecular formula is C26H32N2O4. The molecule has 6 heteroatoms. The number of amides is 1. The molecule has 1 aromatic carbocycles. The van der Waals surface area contributed by atoms with Gasteiger partial charge in [-0.2, -0.15) is 0 Å². The SMILES string of the molecule is C=CCN1CC[C@@]2(c3cccc(OC)c3)C[C@H](NC(=O)/C=C/c3ccoc3)CC[C@]2(O)C1. The number of fused-ring (bicyclic) bond motifs is 1. The fourth-order valence-electron chi connectivity index (χ4n) is 5.43. The lowest BCUT2D eigenvalue weighted by Crippen LogP contribution is -2.67. The van der Waals surface area contributed by atoms with Gasteiger partial charge in [-0.3, -0.25) is 9.69 Å². The average molecular weight is 437 g/mol. The van der Waals surface area contributed by atoms with Crippen LogP contribution >= 0.6 is 0 Å². The molecule has 0 radical (unpaired) electrons. The van der Waals surface area contributed by atoms with Gasteiger partial charge < -0.3 is 19.6 Å². The molecule has 3 atom stereocenters. The largest absolute Gasteiger partial charge is 0.497 e. The summed E-state index contributed by atoms with van der Waals surface area (Å²) < 4.78 is 10.5. The molecule has 0 bridgehead atoms. The van der Waals surface area contributed by atoms with Crippen molar-refractivity contribution in [2.45, 2.75) is 42.7 Å². The van der Waals surface area contributed by atoms with Crippen LogP contribution in [0.25, 0.3) is 6.08 Å². The number of carbonyl (C=O) groups is 1. The first-order chi connectivity index (χ1) is 15.5. The van der Waals surface area contributed by atoms with Crippen molar-refractivity contribution >= 4 is 12.0 Å². The Balaban J connectivity index is 1.58. The number of rotatable bonds is 7. The van der Waals surface area contributed by atoms with Gasteiger partial charge in [0.2, 0.25) is 5.91 Å². The summed E-state index contributed by atoms with van der Waals surface area (Å²) >= 11 is 0. The van der Waals surface area contributed by atoms with Crippen LogP contribution in [-0.2, 0) is 10.2 Å². The molecule has 1 aromatic heterocycles. The van der Waals surface area contributed by atoms with Crippen molar-refractivity contribution in [1.82, 2.24) is 10.2 Å². The van der Waals surface area contributed by atoms with Crippen molar-refractivity contribution in [3.63, 3.8) is 0 Å². The molecular weight excluding hydrogens is 404 g/mol. The number of hydrogen-bond acceptors (Lipinski definition) is 5. The number of ether oxygens (including phenoxy) is 1. The lowest BCUT2D eigenvalue weighted by Gasteiger charge is -2.58. The third kappa shape index (κ3) is 4.38. The molecule has 2 heterocycles. The number of likely N-dealkylation sites (tertiary alicyclic amines) is 1. The maximum atomic E-state index is 12.6. The van der Waals surface area contributed by atoms with Gasteiger partial charge in [0, 0.05) is 36.2 Å². The topological polar surface area (TPSA) is 74.9 Å². The molecule has 4 rings (SSSR count). The van der Waals surface area contributed by atoms with E-state index in [4.69, 9.17) is 9.15 Å². The summed E-state index contributed by atoms with van der Waals surface area (Å²) in [5.41, 5.74) is 0.587. The highest BCUT2D eigenvalue weighted by Crippen LogP contribution is 2.52. The van der Waals surface area contributed by atoms with Gasteiger partial charge in [0.25, 0.3) is 0 Å². The second-order valence-electron chi connectivity index (χ2n) is 8.96. The summed E-state index contributed by atoms with van der Waals surface area (Å²) in [5, 5.41) is 15.1. The Morgan fingerprint density at radius 3 is 3.03 bits per heavy atom. The molecule has 1 aliphatic carbocycles. The standard InChI is InChI=1S/C26H32N2O4/c1-3-13-28-14-12-25(21-5-4-6-23(16-21)31-2)17-22(9-11-26(25,30)19-28)27-24(29)8-7-20-10-15-32-18-20/h3-8,10,15-16,18,22,30H,1,9,11-14,17,19H2,2H3,(H,27,29)/b8-7+/t22-,25+,26+/m1/s1. The monoisotopic (exact) mass is 436 g/mol. The lowest BCUT2D eigenvalue weighted by atomic mass is 9.55. The van der Waals surface area contributed by atoms with Crippen LogP contribution in [0.15, 0.2) is 66.0 Å². The van der Waals surface area contributed by atoms with E-state index in [9.17, 15) is 9.90 Å². The quantitative estimate of drug-likeness (QED) is 0.513. The predicted octanol–water partition coefficient (Wildman–Crippen LogP) is 3.53. The number of nitrogens with zero attached hydrogens (tertiary/aromatic N) is 1. The van der Waals surface area contributed by atoms with Gasteiger partial charge in [-0.25, -0.2) is 0 Å². The Bertz CT molecular complexity index is 970. The zero-order chi connectivity index (χ0) is 22.6. The molecule has 1 amide bonds. The lowest BCUT2D eigenvalue weighted by molar-refractivity contribution is -0.130. The number of β-amino-alcohol motifs (C(OH)–C–C–N with tert-alkyl or cyclic N) is 1. The minimum absolute atomic E-state index is 0.0195. The van der Waals surface area contributed by atoms with E-state index >= 15 is 0 Å². The summed E-state index contributed by atoms with van der Waals surface area (Å²) in [6, 6.07) is 9.81. The normalized spacial score (nSPS) is 28.2. The van der Waals surface area contributed by atoms with Crippen LogP contribution in [-0.4, -0.2) is 54.3 Å². The van der Waals surface area contributed by atoms with E-state index in [-0.39, 0.29) is 11.9 Å². The van der Waals surface area contributed by atoms with E-state index in [2.05, 4.69) is 22.9 Å². The molecule has 1 saturated heterocycles. The molecule has 1 aliphatic heterocycles. The molecule has 2 fully saturated rings. The zero-order valence-electron chi connectivity index (χ0n) is 18.6. The van der Waals surface area contributed by atoms with Gasteiger partial charge >= 0.3 is 0 Å². The van der Waals surface area contributed by atoms with Crippen molar-refractivity contribution in [2.75, 3.05) is 26.7 Å². The van der Waals surface area contributed by atoms with Crippen LogP contribution in [0, 0.1) is 0 Å². The first kappa shape index (κ1) is 22.4. The van der Waals surface area contributed by atoms with E-state index < -0.39 is 11.0 Å². The number of piperidine rings is 1. The number of furan rings is 1. The van der Waals surface area contributed by atoms with Gasteiger partial charge in [0.1, 0.15) is 5.75 Å². The third-order valence-corrected chi connectivity index (χ3v) is 7.06. The maximum absolute atomic E-state index is 12.6. The number of aliphatic hydroxyl groups is 1. The van der Waals surface area contributed by atoms with Crippen LogP contribution in [0.3, 0.4) is 0 Å². The summed E-state index contributed by atoms with van der Waals surface area (Å²) in [6.07, 6.45) is 11.2. The molecule has 170 valence electrons. The van der Waals surface area contributed by atoms with Crippen molar-refractivity contribution in [2.24, 2.45) is 0 Å². The van der Waals surface area contributed by atoms with E-state index in [0.29, 0.717) is 19.4 Å². The van der Waals surface area contributed by atoms with Crippen molar-refractivity contribution in [3.8, 4) is 5.75 Å². The Hall–Kier alpha value is -2.83.